The van der Waals surface area contributed by atoms with Crippen LogP contribution in [0.3, 0.4) is 0 Å². The second kappa shape index (κ2) is 7.29. The van der Waals surface area contributed by atoms with Crippen LogP contribution in [0, 0.1) is 0 Å². The van der Waals surface area contributed by atoms with E-state index < -0.39 is 0 Å². The first-order valence-electron chi connectivity index (χ1n) is 7.72. The zero-order valence-electron chi connectivity index (χ0n) is 12.3. The fraction of sp³-hybridized carbons (Fsp3) is 0.562. The van der Waals surface area contributed by atoms with Crippen LogP contribution in [-0.4, -0.2) is 66.5 Å². The van der Waals surface area contributed by atoms with Crippen LogP contribution in [0.2, 0.25) is 0 Å². The van der Waals surface area contributed by atoms with E-state index in [0.717, 1.165) is 56.3 Å². The quantitative estimate of drug-likeness (QED) is 0.910. The zero-order valence-corrected chi connectivity index (χ0v) is 13.1. The Balaban J connectivity index is 1.82. The van der Waals surface area contributed by atoms with Gasteiger partial charge in [0.05, 0.1) is 0 Å². The summed E-state index contributed by atoms with van der Waals surface area (Å²) in [5.41, 5.74) is 1.13. The monoisotopic (exact) mass is 305 g/mol. The molecule has 1 aromatic rings. The molecule has 3 rings (SSSR count). The minimum absolute atomic E-state index is 0.106. The van der Waals surface area contributed by atoms with Gasteiger partial charge in [0, 0.05) is 50.8 Å². The second-order valence-corrected chi connectivity index (χ2v) is 6.76. The summed E-state index contributed by atoms with van der Waals surface area (Å²) >= 11 is 1.98. The van der Waals surface area contributed by atoms with Crippen LogP contribution in [0.4, 0.5) is 0 Å². The molecule has 1 N–H and O–H groups in total. The Kier molecular flexibility index (Phi) is 5.17. The number of hydrogen-bond donors (Lipinski definition) is 1. The molecule has 5 heteroatoms. The summed E-state index contributed by atoms with van der Waals surface area (Å²) in [6.45, 7) is 5.46. The van der Waals surface area contributed by atoms with Crippen LogP contribution >= 0.6 is 11.8 Å². The molecular formula is C16H23N3OS. The Morgan fingerprint density at radius 2 is 1.71 bits per heavy atom. The second-order valence-electron chi connectivity index (χ2n) is 5.54. The number of benzene rings is 1. The third-order valence-corrected chi connectivity index (χ3v) is 5.13. The lowest BCUT2D eigenvalue weighted by Crippen LogP contribution is -2.51. The van der Waals surface area contributed by atoms with Crippen molar-refractivity contribution in [3.63, 3.8) is 0 Å². The highest BCUT2D eigenvalue weighted by molar-refractivity contribution is 7.99. The van der Waals surface area contributed by atoms with Gasteiger partial charge in [-0.15, -0.1) is 0 Å². The first kappa shape index (κ1) is 14.9. The van der Waals surface area contributed by atoms with Crippen molar-refractivity contribution < 1.29 is 4.79 Å². The summed E-state index contributed by atoms with van der Waals surface area (Å²) in [7, 11) is 0. The molecule has 1 atom stereocenters. The fourth-order valence-corrected chi connectivity index (χ4v) is 3.97. The Labute approximate surface area is 130 Å². The van der Waals surface area contributed by atoms with Gasteiger partial charge in [0.1, 0.15) is 6.04 Å². The Morgan fingerprint density at radius 1 is 1.05 bits per heavy atom. The van der Waals surface area contributed by atoms with E-state index in [1.54, 1.807) is 0 Å². The van der Waals surface area contributed by atoms with Crippen molar-refractivity contribution >= 4 is 17.7 Å². The van der Waals surface area contributed by atoms with E-state index in [1.807, 2.05) is 34.9 Å². The maximum absolute atomic E-state index is 13.0. The summed E-state index contributed by atoms with van der Waals surface area (Å²) in [5.74, 6) is 2.52. The summed E-state index contributed by atoms with van der Waals surface area (Å²) in [5, 5.41) is 3.32. The zero-order chi connectivity index (χ0) is 14.5. The summed E-state index contributed by atoms with van der Waals surface area (Å²) in [6, 6.07) is 10.2. The number of piperazine rings is 1. The smallest absolute Gasteiger partial charge is 0.244 e. The number of rotatable bonds is 3. The molecule has 1 unspecified atom stereocenters. The van der Waals surface area contributed by atoms with Gasteiger partial charge >= 0.3 is 0 Å². The standard InChI is InChI=1S/C16H23N3OS/c20-16(19-8-6-17-7-9-19)15(14-4-2-1-3-5-14)18-10-12-21-13-11-18/h1-5,15,17H,6-13H2. The lowest BCUT2D eigenvalue weighted by atomic mass is 10.0. The van der Waals surface area contributed by atoms with Crippen molar-refractivity contribution in [1.29, 1.82) is 0 Å². The van der Waals surface area contributed by atoms with E-state index in [-0.39, 0.29) is 11.9 Å². The predicted octanol–water partition coefficient (Wildman–Crippen LogP) is 1.21. The first-order valence-corrected chi connectivity index (χ1v) is 8.88. The Bertz CT molecular complexity index is 456. The maximum atomic E-state index is 13.0. The van der Waals surface area contributed by atoms with Gasteiger partial charge in [0.15, 0.2) is 0 Å². The van der Waals surface area contributed by atoms with Gasteiger partial charge in [0.2, 0.25) is 5.91 Å². The highest BCUT2D eigenvalue weighted by Gasteiger charge is 2.32. The summed E-state index contributed by atoms with van der Waals surface area (Å²) in [4.78, 5) is 17.4. The van der Waals surface area contributed by atoms with Gasteiger partial charge in [-0.05, 0) is 5.56 Å². The number of nitrogens with zero attached hydrogens (tertiary/aromatic N) is 2. The molecule has 0 saturated carbocycles. The molecule has 2 saturated heterocycles. The number of thioether (sulfide) groups is 1. The van der Waals surface area contributed by atoms with Gasteiger partial charge in [-0.1, -0.05) is 30.3 Å². The van der Waals surface area contributed by atoms with E-state index in [2.05, 4.69) is 22.3 Å². The molecule has 4 nitrogen and oxygen atoms in total. The molecule has 1 amide bonds. The van der Waals surface area contributed by atoms with Crippen LogP contribution in [0.1, 0.15) is 11.6 Å². The van der Waals surface area contributed by atoms with E-state index in [1.165, 1.54) is 0 Å². The van der Waals surface area contributed by atoms with Gasteiger partial charge in [0.25, 0.3) is 0 Å². The average Bonchev–Trinajstić information content (AvgIpc) is 2.58. The molecule has 1 aromatic carbocycles. The Hall–Kier alpha value is -1.04. The average molecular weight is 305 g/mol. The number of carbonyl (C=O) groups excluding carboxylic acids is 1. The minimum atomic E-state index is -0.106. The van der Waals surface area contributed by atoms with Crippen molar-refractivity contribution in [2.75, 3.05) is 50.8 Å². The molecule has 2 fully saturated rings. The fourth-order valence-electron chi connectivity index (χ4n) is 3.04. The first-order chi connectivity index (χ1) is 10.4. The highest BCUT2D eigenvalue weighted by atomic mass is 32.2. The summed E-state index contributed by atoms with van der Waals surface area (Å²) in [6.07, 6.45) is 0. The van der Waals surface area contributed by atoms with Crippen LogP contribution in [0.5, 0.6) is 0 Å². The van der Waals surface area contributed by atoms with Gasteiger partial charge in [-0.2, -0.15) is 11.8 Å². The lowest BCUT2D eigenvalue weighted by molar-refractivity contribution is -0.137. The molecule has 0 spiro atoms. The molecule has 2 heterocycles. The van der Waals surface area contributed by atoms with Gasteiger partial charge in [-0.3, -0.25) is 9.69 Å². The molecule has 2 aliphatic heterocycles. The van der Waals surface area contributed by atoms with Gasteiger partial charge in [-0.25, -0.2) is 0 Å². The maximum Gasteiger partial charge on any atom is 0.244 e. The van der Waals surface area contributed by atoms with Crippen molar-refractivity contribution in [3.05, 3.63) is 35.9 Å². The number of amides is 1. The SMILES string of the molecule is O=C(C(c1ccccc1)N1CCSCC1)N1CCNCC1. The number of nitrogens with one attached hydrogen (secondary N) is 1. The molecule has 0 bridgehead atoms. The van der Waals surface area contributed by atoms with Gasteiger partial charge < -0.3 is 10.2 Å². The molecule has 0 radical (unpaired) electrons. The Morgan fingerprint density at radius 3 is 2.38 bits per heavy atom. The lowest BCUT2D eigenvalue weighted by Gasteiger charge is -2.38. The van der Waals surface area contributed by atoms with Crippen molar-refractivity contribution in [1.82, 2.24) is 15.1 Å². The normalized spacial score (nSPS) is 22.0. The van der Waals surface area contributed by atoms with Crippen LogP contribution in [0.15, 0.2) is 30.3 Å². The molecule has 21 heavy (non-hydrogen) atoms. The molecule has 0 aromatic heterocycles. The van der Waals surface area contributed by atoms with E-state index >= 15 is 0 Å². The molecule has 0 aliphatic carbocycles. The third kappa shape index (κ3) is 3.59. The van der Waals surface area contributed by atoms with Crippen molar-refractivity contribution in [3.8, 4) is 0 Å². The number of hydrogen-bond acceptors (Lipinski definition) is 4. The van der Waals surface area contributed by atoms with E-state index in [9.17, 15) is 4.79 Å². The van der Waals surface area contributed by atoms with Crippen LogP contribution < -0.4 is 5.32 Å². The predicted molar refractivity (Wildman–Crippen MR) is 87.5 cm³/mol. The minimum Gasteiger partial charge on any atom is -0.338 e. The van der Waals surface area contributed by atoms with E-state index in [0.29, 0.717) is 0 Å². The van der Waals surface area contributed by atoms with Crippen molar-refractivity contribution in [2.45, 2.75) is 6.04 Å². The summed E-state index contributed by atoms with van der Waals surface area (Å²) < 4.78 is 0. The topological polar surface area (TPSA) is 35.6 Å². The molecular weight excluding hydrogens is 282 g/mol. The third-order valence-electron chi connectivity index (χ3n) is 4.19. The van der Waals surface area contributed by atoms with Crippen LogP contribution in [0.25, 0.3) is 0 Å². The highest BCUT2D eigenvalue weighted by Crippen LogP contribution is 2.26. The van der Waals surface area contributed by atoms with Crippen molar-refractivity contribution in [2.24, 2.45) is 0 Å². The molecule has 114 valence electrons. The molecule has 2 aliphatic rings. The number of carbonyl (C=O) groups is 1. The van der Waals surface area contributed by atoms with Crippen LogP contribution in [-0.2, 0) is 4.79 Å². The largest absolute Gasteiger partial charge is 0.338 e. The van der Waals surface area contributed by atoms with E-state index in [4.69, 9.17) is 0 Å².